The molecule has 0 aromatic rings. The summed E-state index contributed by atoms with van der Waals surface area (Å²) in [5.41, 5.74) is 0. The third-order valence-electron chi connectivity index (χ3n) is 6.47. The predicted octanol–water partition coefficient (Wildman–Crippen LogP) is 6.64. The fourth-order valence-electron chi connectivity index (χ4n) is 4.51. The molecule has 0 radical (unpaired) electrons. The van der Waals surface area contributed by atoms with Gasteiger partial charge in [0.15, 0.2) is 6.17 Å². The summed E-state index contributed by atoms with van der Waals surface area (Å²) in [6.45, 7) is 6.51. The second-order valence-corrected chi connectivity index (χ2v) is 8.61. The monoisotopic (exact) mass is 393 g/mol. The van der Waals surface area contributed by atoms with Crippen LogP contribution in [0.4, 0.5) is 0 Å². The quantitative estimate of drug-likeness (QED) is 0.146. The van der Waals surface area contributed by atoms with Gasteiger partial charge in [-0.05, 0) is 33.1 Å². The first kappa shape index (κ1) is 25.2. The summed E-state index contributed by atoms with van der Waals surface area (Å²) in [4.78, 5) is 0. The van der Waals surface area contributed by atoms with Crippen LogP contribution in [-0.2, 0) is 0 Å². The Hall–Kier alpha value is -0.800. The first-order valence-electron chi connectivity index (χ1n) is 12.3. The minimum absolute atomic E-state index is 0.271. The van der Waals surface area contributed by atoms with Gasteiger partial charge in [-0.25, -0.2) is 0 Å². The molecule has 0 bridgehead atoms. The lowest BCUT2D eigenvalue weighted by Gasteiger charge is -2.36. The maximum Gasteiger partial charge on any atom is 0.166 e. The molecule has 1 aliphatic rings. The maximum atomic E-state index is 9.37. The molecule has 0 saturated carbocycles. The molecule has 3 heteroatoms. The van der Waals surface area contributed by atoms with E-state index in [9.17, 15) is 5.11 Å². The SMILES string of the molecule is C/C=C/CCCCCCCCCCCCCCCC1NC=C[N+]1(CC)CCO. The van der Waals surface area contributed by atoms with Crippen molar-refractivity contribution in [2.24, 2.45) is 0 Å². The van der Waals surface area contributed by atoms with E-state index in [-0.39, 0.29) is 6.61 Å². The van der Waals surface area contributed by atoms with Crippen LogP contribution >= 0.6 is 0 Å². The van der Waals surface area contributed by atoms with Gasteiger partial charge >= 0.3 is 0 Å². The van der Waals surface area contributed by atoms with Gasteiger partial charge in [0.1, 0.15) is 12.7 Å². The number of hydrogen-bond donors (Lipinski definition) is 2. The number of hydrogen-bond acceptors (Lipinski definition) is 2. The number of allylic oxidation sites excluding steroid dienone is 2. The van der Waals surface area contributed by atoms with E-state index in [1.165, 1.54) is 96.3 Å². The highest BCUT2D eigenvalue weighted by Gasteiger charge is 2.35. The molecule has 1 rings (SSSR count). The first-order valence-corrected chi connectivity index (χ1v) is 12.3. The summed E-state index contributed by atoms with van der Waals surface area (Å²) in [6.07, 6.45) is 30.0. The van der Waals surface area contributed by atoms with Crippen LogP contribution in [0.15, 0.2) is 24.6 Å². The molecule has 0 spiro atoms. The van der Waals surface area contributed by atoms with Crippen molar-refractivity contribution in [1.82, 2.24) is 5.32 Å². The van der Waals surface area contributed by atoms with Crippen molar-refractivity contribution in [3.8, 4) is 0 Å². The van der Waals surface area contributed by atoms with Crippen molar-refractivity contribution in [1.29, 1.82) is 0 Å². The summed E-state index contributed by atoms with van der Waals surface area (Å²) in [6, 6.07) is 0. The molecule has 0 amide bonds. The average molecular weight is 394 g/mol. The molecule has 2 atom stereocenters. The largest absolute Gasteiger partial charge is 0.390 e. The van der Waals surface area contributed by atoms with Gasteiger partial charge in [0, 0.05) is 6.42 Å². The van der Waals surface area contributed by atoms with Gasteiger partial charge in [0.05, 0.1) is 19.4 Å². The van der Waals surface area contributed by atoms with E-state index >= 15 is 0 Å². The van der Waals surface area contributed by atoms with Crippen molar-refractivity contribution in [3.63, 3.8) is 0 Å². The molecule has 0 aliphatic carbocycles. The summed E-state index contributed by atoms with van der Waals surface area (Å²) in [7, 11) is 0. The lowest BCUT2D eigenvalue weighted by molar-refractivity contribution is -0.900. The molecule has 2 unspecified atom stereocenters. The number of unbranched alkanes of at least 4 members (excludes halogenated alkanes) is 13. The van der Waals surface area contributed by atoms with Crippen LogP contribution in [0.2, 0.25) is 0 Å². The van der Waals surface area contributed by atoms with Crippen LogP contribution < -0.4 is 5.32 Å². The summed E-state index contributed by atoms with van der Waals surface area (Å²) < 4.78 is 0.909. The van der Waals surface area contributed by atoms with Crippen LogP contribution in [0, 0.1) is 0 Å². The predicted molar refractivity (Wildman–Crippen MR) is 123 cm³/mol. The lowest BCUT2D eigenvalue weighted by atomic mass is 10.0. The third-order valence-corrected chi connectivity index (χ3v) is 6.47. The number of rotatable bonds is 19. The van der Waals surface area contributed by atoms with Crippen LogP contribution in [0.1, 0.15) is 110 Å². The van der Waals surface area contributed by atoms with E-state index in [1.807, 2.05) is 0 Å². The Morgan fingerprint density at radius 1 is 0.857 bits per heavy atom. The number of nitrogens with zero attached hydrogens (tertiary/aromatic N) is 1. The average Bonchev–Trinajstić information content (AvgIpc) is 3.11. The summed E-state index contributed by atoms with van der Waals surface area (Å²) in [5.74, 6) is 0. The van der Waals surface area contributed by atoms with Crippen molar-refractivity contribution in [2.75, 3.05) is 19.7 Å². The van der Waals surface area contributed by atoms with E-state index in [0.717, 1.165) is 17.6 Å². The van der Waals surface area contributed by atoms with Crippen molar-refractivity contribution in [3.05, 3.63) is 24.6 Å². The molecule has 0 aromatic heterocycles. The highest BCUT2D eigenvalue weighted by Crippen LogP contribution is 2.23. The Morgan fingerprint density at radius 3 is 1.89 bits per heavy atom. The van der Waals surface area contributed by atoms with Gasteiger partial charge in [-0.2, -0.15) is 0 Å². The van der Waals surface area contributed by atoms with Gasteiger partial charge in [0.25, 0.3) is 0 Å². The van der Waals surface area contributed by atoms with Gasteiger partial charge < -0.3 is 10.4 Å². The highest BCUT2D eigenvalue weighted by atomic mass is 16.3. The topological polar surface area (TPSA) is 32.3 Å². The van der Waals surface area contributed by atoms with E-state index < -0.39 is 0 Å². The second kappa shape index (κ2) is 17.1. The minimum atomic E-state index is 0.271. The van der Waals surface area contributed by atoms with E-state index in [2.05, 4.69) is 43.7 Å². The Balaban J connectivity index is 1.86. The zero-order valence-corrected chi connectivity index (χ0v) is 19.0. The minimum Gasteiger partial charge on any atom is -0.390 e. The number of nitrogens with one attached hydrogen (secondary N) is 1. The zero-order valence-electron chi connectivity index (χ0n) is 19.0. The fraction of sp³-hybridized carbons (Fsp3) is 0.840. The van der Waals surface area contributed by atoms with Crippen molar-refractivity contribution in [2.45, 2.75) is 116 Å². The van der Waals surface area contributed by atoms with Gasteiger partial charge in [0.2, 0.25) is 0 Å². The molecule has 2 N–H and O–H groups in total. The summed E-state index contributed by atoms with van der Waals surface area (Å²) in [5, 5.41) is 12.9. The van der Waals surface area contributed by atoms with E-state index in [1.54, 1.807) is 0 Å². The summed E-state index contributed by atoms with van der Waals surface area (Å²) >= 11 is 0. The second-order valence-electron chi connectivity index (χ2n) is 8.61. The molecule has 1 aliphatic heterocycles. The van der Waals surface area contributed by atoms with E-state index in [0.29, 0.717) is 6.17 Å². The van der Waals surface area contributed by atoms with Crippen molar-refractivity contribution < 1.29 is 9.59 Å². The number of quaternary nitrogens is 1. The Morgan fingerprint density at radius 2 is 1.39 bits per heavy atom. The van der Waals surface area contributed by atoms with E-state index in [4.69, 9.17) is 0 Å². The zero-order chi connectivity index (χ0) is 20.3. The Labute approximate surface area is 175 Å². The molecule has 0 aromatic carbocycles. The van der Waals surface area contributed by atoms with Crippen molar-refractivity contribution >= 4 is 0 Å². The molecule has 0 fully saturated rings. The first-order chi connectivity index (χ1) is 13.8. The van der Waals surface area contributed by atoms with Crippen LogP contribution in [0.25, 0.3) is 0 Å². The van der Waals surface area contributed by atoms with Gasteiger partial charge in [-0.3, -0.25) is 4.48 Å². The molecule has 164 valence electrons. The molecule has 0 saturated heterocycles. The molecular formula is C25H49N2O+. The Kier molecular flexibility index (Phi) is 15.4. The normalized spacial score (nSPS) is 21.6. The smallest absolute Gasteiger partial charge is 0.166 e. The number of aliphatic hydroxyl groups excluding tert-OH is 1. The third kappa shape index (κ3) is 10.7. The molecule has 28 heavy (non-hydrogen) atoms. The number of likely N-dealkylation sites (N-methyl/N-ethyl adjacent to an activating group) is 1. The molecule has 3 nitrogen and oxygen atoms in total. The lowest BCUT2D eigenvalue weighted by Crippen LogP contribution is -2.54. The van der Waals surface area contributed by atoms with Gasteiger partial charge in [-0.1, -0.05) is 82.8 Å². The van der Waals surface area contributed by atoms with Gasteiger partial charge in [-0.15, -0.1) is 0 Å². The fourth-order valence-corrected chi connectivity index (χ4v) is 4.51. The molecule has 1 heterocycles. The Bertz CT molecular complexity index is 407. The van der Waals surface area contributed by atoms with Crippen LogP contribution in [-0.4, -0.2) is 35.5 Å². The number of aliphatic hydroxyl groups is 1. The molecular weight excluding hydrogens is 344 g/mol. The van der Waals surface area contributed by atoms with Crippen LogP contribution in [0.3, 0.4) is 0 Å². The highest BCUT2D eigenvalue weighted by molar-refractivity contribution is 4.84. The standard InChI is InChI=1S/C25H49N2O/c1-3-5-6-7-8-9-10-11-12-13-14-15-16-17-18-19-20-25-26-21-22-27(25,4-2)23-24-28/h3,5,21-22,25-26,28H,4,6-20,23-24H2,1-2H3/q+1/b5-3+. The maximum absolute atomic E-state index is 9.37. The van der Waals surface area contributed by atoms with Crippen LogP contribution in [0.5, 0.6) is 0 Å².